The molecule has 0 fully saturated rings. The Morgan fingerprint density at radius 3 is 2.76 bits per heavy atom. The molecule has 0 heterocycles. The number of rotatable bonds is 4. The first-order chi connectivity index (χ1) is 10.3. The second kappa shape index (κ2) is 6.31. The Hall–Kier alpha value is -1.80. The molecule has 2 unspecified atom stereocenters. The molecule has 0 saturated heterocycles. The Kier molecular flexibility index (Phi) is 4.26. The molecule has 0 bridgehead atoms. The number of fused-ring (bicyclic) bond motifs is 1. The number of aliphatic hydroxyl groups excluding tert-OH is 1. The fourth-order valence-corrected chi connectivity index (χ4v) is 3.43. The molecule has 110 valence electrons. The molecule has 1 aliphatic carbocycles. The van der Waals surface area contributed by atoms with E-state index in [1.807, 2.05) is 24.3 Å². The summed E-state index contributed by atoms with van der Waals surface area (Å²) in [6, 6.07) is 16.5. The maximum Gasteiger partial charge on any atom is 0.122 e. The number of aliphatic hydroxyl groups is 1. The highest BCUT2D eigenvalue weighted by molar-refractivity contribution is 5.36. The first-order valence-electron chi connectivity index (χ1n) is 7.67. The van der Waals surface area contributed by atoms with Crippen LogP contribution in [0.3, 0.4) is 0 Å². The van der Waals surface area contributed by atoms with Crippen molar-refractivity contribution in [2.45, 2.75) is 37.7 Å². The van der Waals surface area contributed by atoms with Crippen molar-refractivity contribution in [2.24, 2.45) is 0 Å². The first-order valence-corrected chi connectivity index (χ1v) is 7.67. The average Bonchev–Trinajstić information content (AvgIpc) is 2.54. The summed E-state index contributed by atoms with van der Waals surface area (Å²) in [5.74, 6) is 1.10. The smallest absolute Gasteiger partial charge is 0.122 e. The van der Waals surface area contributed by atoms with Crippen molar-refractivity contribution in [3.8, 4) is 5.75 Å². The van der Waals surface area contributed by atoms with E-state index in [9.17, 15) is 5.11 Å². The molecule has 2 aromatic rings. The minimum Gasteiger partial charge on any atom is -0.496 e. The lowest BCUT2D eigenvalue weighted by atomic mass is 9.78. The molecule has 2 atom stereocenters. The molecule has 2 heteroatoms. The standard InChI is InChI=1S/C19H22O2/c1-21-19-12-5-3-8-15(19)13-18(20)17-11-6-9-14-7-2-4-10-16(14)17/h2-5,7-8,10,12,17-18,20H,6,9,11,13H2,1H3. The highest BCUT2D eigenvalue weighted by Crippen LogP contribution is 2.35. The molecule has 0 radical (unpaired) electrons. The SMILES string of the molecule is COc1ccccc1CC(O)C1CCCc2ccccc21. The number of benzene rings is 2. The molecule has 0 aliphatic heterocycles. The molecule has 2 nitrogen and oxygen atoms in total. The highest BCUT2D eigenvalue weighted by Gasteiger charge is 2.26. The van der Waals surface area contributed by atoms with E-state index in [0.717, 1.165) is 30.6 Å². The third-order valence-corrected chi connectivity index (χ3v) is 4.50. The van der Waals surface area contributed by atoms with Crippen molar-refractivity contribution in [2.75, 3.05) is 7.11 Å². The quantitative estimate of drug-likeness (QED) is 0.926. The largest absolute Gasteiger partial charge is 0.496 e. The van der Waals surface area contributed by atoms with Gasteiger partial charge in [0.25, 0.3) is 0 Å². The summed E-state index contributed by atoms with van der Waals surface area (Å²) < 4.78 is 5.39. The summed E-state index contributed by atoms with van der Waals surface area (Å²) in [5.41, 5.74) is 3.80. The number of hydrogen-bond donors (Lipinski definition) is 1. The molecular formula is C19H22O2. The molecule has 21 heavy (non-hydrogen) atoms. The van der Waals surface area contributed by atoms with Gasteiger partial charge in [0.15, 0.2) is 0 Å². The number of methoxy groups -OCH3 is 1. The van der Waals surface area contributed by atoms with E-state index in [2.05, 4.69) is 24.3 Å². The van der Waals surface area contributed by atoms with Gasteiger partial charge in [-0.2, -0.15) is 0 Å². The maximum absolute atomic E-state index is 10.7. The zero-order valence-corrected chi connectivity index (χ0v) is 12.5. The summed E-state index contributed by atoms with van der Waals surface area (Å²) in [6.07, 6.45) is 3.64. The van der Waals surface area contributed by atoms with Crippen molar-refractivity contribution >= 4 is 0 Å². The number of aryl methyl sites for hydroxylation is 1. The van der Waals surface area contributed by atoms with Crippen LogP contribution in [-0.2, 0) is 12.8 Å². The van der Waals surface area contributed by atoms with Gasteiger partial charge in [-0.3, -0.25) is 0 Å². The van der Waals surface area contributed by atoms with Crippen LogP contribution in [0.4, 0.5) is 0 Å². The topological polar surface area (TPSA) is 29.5 Å². The maximum atomic E-state index is 10.7. The number of ether oxygens (including phenoxy) is 1. The van der Waals surface area contributed by atoms with E-state index in [1.54, 1.807) is 7.11 Å². The third kappa shape index (κ3) is 2.96. The van der Waals surface area contributed by atoms with Gasteiger partial charge < -0.3 is 9.84 Å². The van der Waals surface area contributed by atoms with Crippen LogP contribution in [0.5, 0.6) is 5.75 Å². The van der Waals surface area contributed by atoms with Crippen molar-refractivity contribution in [3.05, 3.63) is 65.2 Å². The van der Waals surface area contributed by atoms with E-state index in [0.29, 0.717) is 6.42 Å². The lowest BCUT2D eigenvalue weighted by molar-refractivity contribution is 0.133. The van der Waals surface area contributed by atoms with E-state index < -0.39 is 0 Å². The van der Waals surface area contributed by atoms with E-state index in [-0.39, 0.29) is 12.0 Å². The Morgan fingerprint density at radius 2 is 1.90 bits per heavy atom. The van der Waals surface area contributed by atoms with E-state index >= 15 is 0 Å². The Bertz CT molecular complexity index is 606. The summed E-state index contributed by atoms with van der Waals surface area (Å²) in [5, 5.41) is 10.7. The van der Waals surface area contributed by atoms with Crippen LogP contribution in [0.15, 0.2) is 48.5 Å². The van der Waals surface area contributed by atoms with Crippen molar-refractivity contribution < 1.29 is 9.84 Å². The second-order valence-electron chi connectivity index (χ2n) is 5.78. The van der Waals surface area contributed by atoms with Gasteiger partial charge in [0.05, 0.1) is 13.2 Å². The average molecular weight is 282 g/mol. The van der Waals surface area contributed by atoms with Gasteiger partial charge in [0.2, 0.25) is 0 Å². The molecule has 0 spiro atoms. The lowest BCUT2D eigenvalue weighted by Gasteiger charge is -2.29. The number of para-hydroxylation sites is 1. The minimum atomic E-state index is -0.359. The van der Waals surface area contributed by atoms with Crippen LogP contribution in [0, 0.1) is 0 Å². The number of hydrogen-bond acceptors (Lipinski definition) is 2. The summed E-state index contributed by atoms with van der Waals surface area (Å²) in [7, 11) is 1.68. The normalized spacial score (nSPS) is 18.9. The van der Waals surface area contributed by atoms with Crippen LogP contribution in [-0.4, -0.2) is 18.3 Å². The molecule has 1 N–H and O–H groups in total. The highest BCUT2D eigenvalue weighted by atomic mass is 16.5. The third-order valence-electron chi connectivity index (χ3n) is 4.50. The predicted molar refractivity (Wildman–Crippen MR) is 84.8 cm³/mol. The van der Waals surface area contributed by atoms with E-state index in [1.165, 1.54) is 11.1 Å². The van der Waals surface area contributed by atoms with Crippen LogP contribution in [0.25, 0.3) is 0 Å². The summed E-state index contributed by atoms with van der Waals surface area (Å²) in [6.45, 7) is 0. The predicted octanol–water partition coefficient (Wildman–Crippen LogP) is 3.72. The first kappa shape index (κ1) is 14.2. The Morgan fingerprint density at radius 1 is 1.14 bits per heavy atom. The summed E-state index contributed by atoms with van der Waals surface area (Å²) >= 11 is 0. The van der Waals surface area contributed by atoms with Crippen LogP contribution in [0.2, 0.25) is 0 Å². The fraction of sp³-hybridized carbons (Fsp3) is 0.368. The molecule has 0 amide bonds. The molecule has 1 aliphatic rings. The minimum absolute atomic E-state index is 0.236. The van der Waals surface area contributed by atoms with Gasteiger partial charge in [-0.1, -0.05) is 42.5 Å². The lowest BCUT2D eigenvalue weighted by Crippen LogP contribution is -2.25. The monoisotopic (exact) mass is 282 g/mol. The molecular weight excluding hydrogens is 260 g/mol. The van der Waals surface area contributed by atoms with Crippen LogP contribution < -0.4 is 4.74 Å². The zero-order valence-electron chi connectivity index (χ0n) is 12.5. The second-order valence-corrected chi connectivity index (χ2v) is 5.78. The van der Waals surface area contributed by atoms with Crippen LogP contribution in [0.1, 0.15) is 35.4 Å². The van der Waals surface area contributed by atoms with Gasteiger partial charge in [-0.05, 0) is 42.0 Å². The van der Waals surface area contributed by atoms with E-state index in [4.69, 9.17) is 4.74 Å². The molecule has 0 aromatic heterocycles. The summed E-state index contributed by atoms with van der Waals surface area (Å²) in [4.78, 5) is 0. The molecule has 0 saturated carbocycles. The molecule has 3 rings (SSSR count). The van der Waals surface area contributed by atoms with Crippen LogP contribution >= 0.6 is 0 Å². The molecule has 2 aromatic carbocycles. The zero-order chi connectivity index (χ0) is 14.7. The van der Waals surface area contributed by atoms with Gasteiger partial charge >= 0.3 is 0 Å². The van der Waals surface area contributed by atoms with Crippen molar-refractivity contribution in [1.82, 2.24) is 0 Å². The van der Waals surface area contributed by atoms with Gasteiger partial charge in [-0.25, -0.2) is 0 Å². The van der Waals surface area contributed by atoms with Crippen molar-refractivity contribution in [3.63, 3.8) is 0 Å². The van der Waals surface area contributed by atoms with Gasteiger partial charge in [0, 0.05) is 12.3 Å². The van der Waals surface area contributed by atoms with Gasteiger partial charge in [-0.15, -0.1) is 0 Å². The Balaban J connectivity index is 1.82. The fourth-order valence-electron chi connectivity index (χ4n) is 3.43. The Labute approximate surface area is 126 Å². The van der Waals surface area contributed by atoms with Crippen molar-refractivity contribution in [1.29, 1.82) is 0 Å². The van der Waals surface area contributed by atoms with Gasteiger partial charge in [0.1, 0.15) is 5.75 Å².